The number of urea groups is 1. The molecule has 0 aromatic carbocycles. The smallest absolute Gasteiger partial charge is 0.407 e. The molecule has 0 aromatic rings. The lowest BCUT2D eigenvalue weighted by Gasteiger charge is -2.39. The lowest BCUT2D eigenvalue weighted by Crippen LogP contribution is -2.57. The molecule has 1 fully saturated rings. The number of carbonyl (C=O) groups is 2. The van der Waals surface area contributed by atoms with Crippen LogP contribution in [0.3, 0.4) is 0 Å². The van der Waals surface area contributed by atoms with Crippen molar-refractivity contribution >= 4 is 12.1 Å². The Morgan fingerprint density at radius 2 is 2.00 bits per heavy atom. The number of nitrogens with one attached hydrogen (secondary N) is 2. The minimum Gasteiger partial charge on any atom is -0.444 e. The first kappa shape index (κ1) is 19.5. The molecular weight excluding hydrogens is 298 g/mol. The maximum Gasteiger partial charge on any atom is 0.407 e. The number of alkyl carbamates (subject to hydrolysis) is 1. The molecule has 0 spiro atoms. The standard InChI is InChI=1S/C16H31N3O4/c1-12(18-15(21)23-16(2,3)4)13-8-6-7-10-19(13)14(20)17-9-11-22-5/h12-13H,6-11H2,1-5H3,(H,17,20)(H,18,21)/t12-,13+/m1/s1. The molecule has 1 aliphatic heterocycles. The Balaban J connectivity index is 2.58. The lowest BCUT2D eigenvalue weighted by atomic mass is 9.97. The molecule has 0 bridgehead atoms. The van der Waals surface area contributed by atoms with Gasteiger partial charge in [0.05, 0.1) is 12.6 Å². The molecule has 1 heterocycles. The van der Waals surface area contributed by atoms with Crippen molar-refractivity contribution < 1.29 is 19.1 Å². The zero-order valence-corrected chi connectivity index (χ0v) is 15.0. The van der Waals surface area contributed by atoms with Crippen LogP contribution in [0.25, 0.3) is 0 Å². The van der Waals surface area contributed by atoms with Crippen molar-refractivity contribution in [1.82, 2.24) is 15.5 Å². The summed E-state index contributed by atoms with van der Waals surface area (Å²) in [7, 11) is 1.60. The van der Waals surface area contributed by atoms with Crippen LogP contribution in [0.2, 0.25) is 0 Å². The number of rotatable bonds is 5. The Morgan fingerprint density at radius 1 is 1.30 bits per heavy atom. The van der Waals surface area contributed by atoms with Gasteiger partial charge in [-0.1, -0.05) is 0 Å². The zero-order valence-electron chi connectivity index (χ0n) is 15.0. The molecule has 0 unspecified atom stereocenters. The van der Waals surface area contributed by atoms with Gasteiger partial charge < -0.3 is 25.0 Å². The van der Waals surface area contributed by atoms with Crippen LogP contribution in [0.4, 0.5) is 9.59 Å². The van der Waals surface area contributed by atoms with E-state index >= 15 is 0 Å². The number of hydrogen-bond donors (Lipinski definition) is 2. The fourth-order valence-corrected chi connectivity index (χ4v) is 2.68. The third kappa shape index (κ3) is 7.07. The topological polar surface area (TPSA) is 79.9 Å². The maximum atomic E-state index is 12.3. The number of hydrogen-bond acceptors (Lipinski definition) is 4. The van der Waals surface area contributed by atoms with Gasteiger partial charge in [0.15, 0.2) is 0 Å². The number of piperidine rings is 1. The minimum absolute atomic E-state index is 0.0289. The lowest BCUT2D eigenvalue weighted by molar-refractivity contribution is 0.0461. The molecule has 1 rings (SSSR count). The highest BCUT2D eigenvalue weighted by Crippen LogP contribution is 2.20. The van der Waals surface area contributed by atoms with E-state index in [0.717, 1.165) is 19.3 Å². The molecule has 3 amide bonds. The average molecular weight is 329 g/mol. The second-order valence-corrected chi connectivity index (χ2v) is 6.92. The average Bonchev–Trinajstić information content (AvgIpc) is 2.45. The molecule has 7 nitrogen and oxygen atoms in total. The third-order valence-corrected chi connectivity index (χ3v) is 3.71. The fourth-order valence-electron chi connectivity index (χ4n) is 2.68. The Bertz CT molecular complexity index is 395. The van der Waals surface area contributed by atoms with Gasteiger partial charge in [-0.05, 0) is 47.0 Å². The molecule has 2 atom stereocenters. The summed E-state index contributed by atoms with van der Waals surface area (Å²) in [4.78, 5) is 26.1. The summed E-state index contributed by atoms with van der Waals surface area (Å²) in [5.74, 6) is 0. The van der Waals surface area contributed by atoms with Gasteiger partial charge in [-0.25, -0.2) is 9.59 Å². The highest BCUT2D eigenvalue weighted by molar-refractivity contribution is 5.75. The van der Waals surface area contributed by atoms with Gasteiger partial charge in [-0.15, -0.1) is 0 Å². The second kappa shape index (κ2) is 8.96. The molecule has 7 heteroatoms. The van der Waals surface area contributed by atoms with Crippen molar-refractivity contribution in [2.24, 2.45) is 0 Å². The number of likely N-dealkylation sites (tertiary alicyclic amines) is 1. The van der Waals surface area contributed by atoms with Crippen LogP contribution in [0, 0.1) is 0 Å². The molecule has 0 aliphatic carbocycles. The zero-order chi connectivity index (χ0) is 17.5. The Labute approximate surface area is 139 Å². The summed E-state index contributed by atoms with van der Waals surface area (Å²) in [6.07, 6.45) is 2.45. The van der Waals surface area contributed by atoms with Crippen molar-refractivity contribution in [1.29, 1.82) is 0 Å². The number of ether oxygens (including phenoxy) is 2. The van der Waals surface area contributed by atoms with E-state index in [-0.39, 0.29) is 18.1 Å². The largest absolute Gasteiger partial charge is 0.444 e. The molecule has 1 saturated heterocycles. The monoisotopic (exact) mass is 329 g/mol. The molecule has 0 saturated carbocycles. The molecule has 134 valence electrons. The number of methoxy groups -OCH3 is 1. The van der Waals surface area contributed by atoms with Gasteiger partial charge >= 0.3 is 12.1 Å². The first-order valence-electron chi connectivity index (χ1n) is 8.27. The Kier molecular flexibility index (Phi) is 7.61. The van der Waals surface area contributed by atoms with E-state index < -0.39 is 11.7 Å². The van der Waals surface area contributed by atoms with Gasteiger partial charge in [0.25, 0.3) is 0 Å². The van der Waals surface area contributed by atoms with Crippen LogP contribution in [-0.2, 0) is 9.47 Å². The number of carbonyl (C=O) groups excluding carboxylic acids is 2. The van der Waals surface area contributed by atoms with E-state index in [1.54, 1.807) is 12.0 Å². The third-order valence-electron chi connectivity index (χ3n) is 3.71. The molecule has 23 heavy (non-hydrogen) atoms. The highest BCUT2D eigenvalue weighted by Gasteiger charge is 2.32. The summed E-state index contributed by atoms with van der Waals surface area (Å²) < 4.78 is 10.2. The number of nitrogens with zero attached hydrogens (tertiary/aromatic N) is 1. The van der Waals surface area contributed by atoms with Crippen LogP contribution in [0.1, 0.15) is 47.0 Å². The highest BCUT2D eigenvalue weighted by atomic mass is 16.6. The van der Waals surface area contributed by atoms with Gasteiger partial charge in [0, 0.05) is 26.2 Å². The van der Waals surface area contributed by atoms with E-state index in [0.29, 0.717) is 19.7 Å². The predicted molar refractivity (Wildman–Crippen MR) is 88.5 cm³/mol. The van der Waals surface area contributed by atoms with Crippen LogP contribution in [0.5, 0.6) is 0 Å². The fraction of sp³-hybridized carbons (Fsp3) is 0.875. The van der Waals surface area contributed by atoms with E-state index in [9.17, 15) is 9.59 Å². The van der Waals surface area contributed by atoms with Crippen molar-refractivity contribution in [3.63, 3.8) is 0 Å². The van der Waals surface area contributed by atoms with E-state index in [1.165, 1.54) is 0 Å². The van der Waals surface area contributed by atoms with Crippen molar-refractivity contribution in [3.8, 4) is 0 Å². The van der Waals surface area contributed by atoms with Gasteiger partial charge in [-0.2, -0.15) is 0 Å². The van der Waals surface area contributed by atoms with Crippen molar-refractivity contribution in [2.45, 2.75) is 64.6 Å². The Morgan fingerprint density at radius 3 is 2.61 bits per heavy atom. The van der Waals surface area contributed by atoms with Gasteiger partial charge in [0.1, 0.15) is 5.60 Å². The molecule has 0 aromatic heterocycles. The second-order valence-electron chi connectivity index (χ2n) is 6.92. The van der Waals surface area contributed by atoms with Crippen molar-refractivity contribution in [2.75, 3.05) is 26.8 Å². The van der Waals surface area contributed by atoms with E-state index in [1.807, 2.05) is 27.7 Å². The van der Waals surface area contributed by atoms with Crippen molar-refractivity contribution in [3.05, 3.63) is 0 Å². The molecule has 2 N–H and O–H groups in total. The van der Waals surface area contributed by atoms with Crippen LogP contribution in [-0.4, -0.2) is 61.5 Å². The van der Waals surface area contributed by atoms with E-state index in [4.69, 9.17) is 9.47 Å². The predicted octanol–water partition coefficient (Wildman–Crippen LogP) is 2.11. The molecule has 1 aliphatic rings. The summed E-state index contributed by atoms with van der Waals surface area (Å²) in [5.41, 5.74) is -0.534. The van der Waals surface area contributed by atoms with Crippen LogP contribution >= 0.6 is 0 Å². The summed E-state index contributed by atoms with van der Waals surface area (Å²) in [5, 5.41) is 5.70. The van der Waals surface area contributed by atoms with Crippen LogP contribution in [0.15, 0.2) is 0 Å². The first-order valence-corrected chi connectivity index (χ1v) is 8.27. The van der Waals surface area contributed by atoms with Gasteiger partial charge in [-0.3, -0.25) is 0 Å². The van der Waals surface area contributed by atoms with Gasteiger partial charge in [0.2, 0.25) is 0 Å². The summed E-state index contributed by atoms with van der Waals surface area (Å²) >= 11 is 0. The maximum absolute atomic E-state index is 12.3. The molecular formula is C16H31N3O4. The quantitative estimate of drug-likeness (QED) is 0.757. The normalized spacial score (nSPS) is 19.9. The Hall–Kier alpha value is -1.50. The first-order chi connectivity index (χ1) is 10.7. The van der Waals surface area contributed by atoms with Crippen LogP contribution < -0.4 is 10.6 Å². The summed E-state index contributed by atoms with van der Waals surface area (Å²) in [6.45, 7) is 9.05. The SMILES string of the molecule is COCCNC(=O)N1CCCC[C@H]1[C@@H](C)NC(=O)OC(C)(C)C. The van der Waals surface area contributed by atoms with E-state index in [2.05, 4.69) is 10.6 Å². The number of amides is 3. The summed E-state index contributed by atoms with van der Waals surface area (Å²) in [6, 6.07) is -0.304. The minimum atomic E-state index is -0.534. The molecule has 0 radical (unpaired) electrons.